The Kier molecular flexibility index (Phi) is 6.39. The van der Waals surface area contributed by atoms with Gasteiger partial charge in [-0.2, -0.15) is 0 Å². The summed E-state index contributed by atoms with van der Waals surface area (Å²) in [5, 5.41) is 5.01. The van der Waals surface area contributed by atoms with Gasteiger partial charge in [-0.25, -0.2) is 4.79 Å². The van der Waals surface area contributed by atoms with Crippen LogP contribution in [0.2, 0.25) is 0 Å². The number of hydrogen-bond donors (Lipinski definition) is 2. The van der Waals surface area contributed by atoms with Gasteiger partial charge in [-0.1, -0.05) is 13.8 Å². The molecule has 0 bridgehead atoms. The third-order valence-electron chi connectivity index (χ3n) is 2.78. The molecule has 114 valence electrons. The van der Waals surface area contributed by atoms with Crippen LogP contribution >= 0.6 is 0 Å². The fourth-order valence-electron chi connectivity index (χ4n) is 1.55. The first kappa shape index (κ1) is 16.7. The lowest BCUT2D eigenvalue weighted by atomic mass is 10.1. The van der Waals surface area contributed by atoms with Crippen molar-refractivity contribution in [1.29, 1.82) is 0 Å². The number of esters is 1. The molecule has 0 aliphatic rings. The van der Waals surface area contributed by atoms with Crippen molar-refractivity contribution in [2.24, 2.45) is 5.92 Å². The summed E-state index contributed by atoms with van der Waals surface area (Å²) in [6.45, 7) is 4.54. The van der Waals surface area contributed by atoms with E-state index < -0.39 is 17.8 Å². The molecule has 6 heteroatoms. The standard InChI is InChI=1S/C15H20N2O4/c1-10(2)8-9-16-13(18)14(19)17-12-6-4-11(5-7-12)15(20)21-3/h4-7,10H,8-9H2,1-3H3,(H,16,18)(H,17,19). The average Bonchev–Trinajstić information content (AvgIpc) is 2.46. The largest absolute Gasteiger partial charge is 0.465 e. The molecule has 21 heavy (non-hydrogen) atoms. The Morgan fingerprint density at radius 1 is 1.10 bits per heavy atom. The van der Waals surface area contributed by atoms with Gasteiger partial charge in [-0.05, 0) is 36.6 Å². The summed E-state index contributed by atoms with van der Waals surface area (Å²) in [6.07, 6.45) is 0.812. The van der Waals surface area contributed by atoms with Gasteiger partial charge in [0.05, 0.1) is 12.7 Å². The average molecular weight is 292 g/mol. The van der Waals surface area contributed by atoms with Crippen LogP contribution in [0.3, 0.4) is 0 Å². The van der Waals surface area contributed by atoms with Gasteiger partial charge in [-0.3, -0.25) is 9.59 Å². The minimum atomic E-state index is -0.732. The number of anilines is 1. The molecule has 0 aliphatic carbocycles. The summed E-state index contributed by atoms with van der Waals surface area (Å²) >= 11 is 0. The predicted molar refractivity (Wildman–Crippen MR) is 78.9 cm³/mol. The number of methoxy groups -OCH3 is 1. The van der Waals surface area contributed by atoms with Crippen molar-refractivity contribution in [3.8, 4) is 0 Å². The Hall–Kier alpha value is -2.37. The molecule has 0 spiro atoms. The Bertz CT molecular complexity index is 509. The second kappa shape index (κ2) is 8.04. The fraction of sp³-hybridized carbons (Fsp3) is 0.400. The molecular formula is C15H20N2O4. The number of amides is 2. The van der Waals surface area contributed by atoms with Crippen LogP contribution in [0.15, 0.2) is 24.3 Å². The molecule has 2 N–H and O–H groups in total. The van der Waals surface area contributed by atoms with E-state index in [4.69, 9.17) is 0 Å². The molecule has 2 amide bonds. The Balaban J connectivity index is 2.50. The molecule has 1 aromatic carbocycles. The number of ether oxygens (including phenoxy) is 1. The summed E-state index contributed by atoms with van der Waals surface area (Å²) in [6, 6.07) is 6.09. The van der Waals surface area contributed by atoms with E-state index in [1.54, 1.807) is 0 Å². The van der Waals surface area contributed by atoms with Crippen molar-refractivity contribution < 1.29 is 19.1 Å². The van der Waals surface area contributed by atoms with Crippen LogP contribution in [0.1, 0.15) is 30.6 Å². The Morgan fingerprint density at radius 2 is 1.71 bits per heavy atom. The van der Waals surface area contributed by atoms with Crippen LogP contribution in [0.25, 0.3) is 0 Å². The van der Waals surface area contributed by atoms with Crippen molar-refractivity contribution in [2.75, 3.05) is 19.0 Å². The molecule has 0 saturated carbocycles. The van der Waals surface area contributed by atoms with E-state index >= 15 is 0 Å². The number of hydrogen-bond acceptors (Lipinski definition) is 4. The van der Waals surface area contributed by atoms with Crippen molar-refractivity contribution in [2.45, 2.75) is 20.3 Å². The molecule has 0 heterocycles. The highest BCUT2D eigenvalue weighted by atomic mass is 16.5. The van der Waals surface area contributed by atoms with Crippen molar-refractivity contribution in [3.05, 3.63) is 29.8 Å². The normalized spacial score (nSPS) is 10.1. The highest BCUT2D eigenvalue weighted by Crippen LogP contribution is 2.10. The highest BCUT2D eigenvalue weighted by molar-refractivity contribution is 6.39. The lowest BCUT2D eigenvalue weighted by Crippen LogP contribution is -2.36. The highest BCUT2D eigenvalue weighted by Gasteiger charge is 2.13. The molecule has 1 rings (SSSR count). The monoisotopic (exact) mass is 292 g/mol. The van der Waals surface area contributed by atoms with E-state index in [9.17, 15) is 14.4 Å². The molecule has 0 radical (unpaired) electrons. The molecule has 0 aliphatic heterocycles. The van der Waals surface area contributed by atoms with E-state index in [-0.39, 0.29) is 0 Å². The maximum absolute atomic E-state index is 11.6. The van der Waals surface area contributed by atoms with Gasteiger partial charge < -0.3 is 15.4 Å². The first-order valence-corrected chi connectivity index (χ1v) is 6.71. The van der Waals surface area contributed by atoms with Gasteiger partial charge in [0.25, 0.3) is 0 Å². The Morgan fingerprint density at radius 3 is 2.24 bits per heavy atom. The lowest BCUT2D eigenvalue weighted by molar-refractivity contribution is -0.136. The van der Waals surface area contributed by atoms with E-state index in [0.29, 0.717) is 23.7 Å². The van der Waals surface area contributed by atoms with E-state index in [1.165, 1.54) is 31.4 Å². The third kappa shape index (κ3) is 5.64. The van der Waals surface area contributed by atoms with Crippen LogP contribution in [-0.4, -0.2) is 31.4 Å². The van der Waals surface area contributed by atoms with E-state index in [1.807, 2.05) is 13.8 Å². The van der Waals surface area contributed by atoms with Gasteiger partial charge in [0.2, 0.25) is 0 Å². The molecular weight excluding hydrogens is 272 g/mol. The van der Waals surface area contributed by atoms with Crippen molar-refractivity contribution in [1.82, 2.24) is 5.32 Å². The lowest BCUT2D eigenvalue weighted by Gasteiger charge is -2.08. The molecule has 0 saturated heterocycles. The topological polar surface area (TPSA) is 84.5 Å². The van der Waals surface area contributed by atoms with Crippen LogP contribution in [-0.2, 0) is 14.3 Å². The molecule has 0 aromatic heterocycles. The van der Waals surface area contributed by atoms with Crippen LogP contribution in [0.5, 0.6) is 0 Å². The van der Waals surface area contributed by atoms with Gasteiger partial charge in [0.1, 0.15) is 0 Å². The van der Waals surface area contributed by atoms with Gasteiger partial charge in [-0.15, -0.1) is 0 Å². The van der Waals surface area contributed by atoms with Gasteiger partial charge in [0, 0.05) is 12.2 Å². The van der Waals surface area contributed by atoms with Crippen LogP contribution in [0.4, 0.5) is 5.69 Å². The van der Waals surface area contributed by atoms with Crippen molar-refractivity contribution >= 4 is 23.5 Å². The van der Waals surface area contributed by atoms with Crippen molar-refractivity contribution in [3.63, 3.8) is 0 Å². The SMILES string of the molecule is COC(=O)c1ccc(NC(=O)C(=O)NCCC(C)C)cc1. The maximum atomic E-state index is 11.6. The predicted octanol–water partition coefficient (Wildman–Crippen LogP) is 1.57. The van der Waals surface area contributed by atoms with Gasteiger partial charge >= 0.3 is 17.8 Å². The number of carbonyl (C=O) groups excluding carboxylic acids is 3. The molecule has 6 nitrogen and oxygen atoms in total. The molecule has 1 aromatic rings. The Labute approximate surface area is 123 Å². The zero-order valence-corrected chi connectivity index (χ0v) is 12.4. The zero-order valence-electron chi connectivity index (χ0n) is 12.4. The van der Waals surface area contributed by atoms with Crippen LogP contribution in [0, 0.1) is 5.92 Å². The molecule has 0 fully saturated rings. The third-order valence-corrected chi connectivity index (χ3v) is 2.78. The summed E-state index contributed by atoms with van der Waals surface area (Å²) in [4.78, 5) is 34.5. The van der Waals surface area contributed by atoms with E-state index in [0.717, 1.165) is 6.42 Å². The van der Waals surface area contributed by atoms with E-state index in [2.05, 4.69) is 15.4 Å². The van der Waals surface area contributed by atoms with Crippen LogP contribution < -0.4 is 10.6 Å². The second-order valence-electron chi connectivity index (χ2n) is 4.96. The molecule has 0 unspecified atom stereocenters. The zero-order chi connectivity index (χ0) is 15.8. The van der Waals surface area contributed by atoms with Gasteiger partial charge in [0.15, 0.2) is 0 Å². The minimum absolute atomic E-state index is 0.372. The maximum Gasteiger partial charge on any atom is 0.337 e. The summed E-state index contributed by atoms with van der Waals surface area (Å²) < 4.78 is 4.57. The number of rotatable bonds is 5. The quantitative estimate of drug-likeness (QED) is 0.637. The first-order chi connectivity index (χ1) is 9.93. The fourth-order valence-corrected chi connectivity index (χ4v) is 1.55. The minimum Gasteiger partial charge on any atom is -0.465 e. The number of benzene rings is 1. The number of nitrogens with one attached hydrogen (secondary N) is 2. The summed E-state index contributed by atoms with van der Waals surface area (Å²) in [5.74, 6) is -1.41. The summed E-state index contributed by atoms with van der Waals surface area (Å²) in [5.41, 5.74) is 0.809. The summed E-state index contributed by atoms with van der Waals surface area (Å²) in [7, 11) is 1.29. The molecule has 0 atom stereocenters. The smallest absolute Gasteiger partial charge is 0.337 e. The second-order valence-corrected chi connectivity index (χ2v) is 4.96. The number of carbonyl (C=O) groups is 3. The first-order valence-electron chi connectivity index (χ1n) is 6.71.